The zero-order valence-electron chi connectivity index (χ0n) is 17.2. The first-order valence-electron chi connectivity index (χ1n) is 9.65. The number of methoxy groups -OCH3 is 1. The van der Waals surface area contributed by atoms with E-state index in [1.807, 2.05) is 12.1 Å². The molecule has 156 valence electrons. The Morgan fingerprint density at radius 3 is 2.52 bits per heavy atom. The van der Waals surface area contributed by atoms with Crippen molar-refractivity contribution in [2.24, 2.45) is 10.8 Å². The predicted octanol–water partition coefficient (Wildman–Crippen LogP) is 4.06. The number of carbonyl (C=O) groups is 1. The lowest BCUT2D eigenvalue weighted by atomic mass is 9.99. The number of urea groups is 1. The van der Waals surface area contributed by atoms with Crippen LogP contribution in [0.1, 0.15) is 43.7 Å². The van der Waals surface area contributed by atoms with Gasteiger partial charge in [-0.2, -0.15) is 5.10 Å². The van der Waals surface area contributed by atoms with Crippen LogP contribution >= 0.6 is 0 Å². The van der Waals surface area contributed by atoms with Gasteiger partial charge < -0.3 is 19.9 Å². The second kappa shape index (κ2) is 11.6. The van der Waals surface area contributed by atoms with Crippen molar-refractivity contribution in [1.82, 2.24) is 5.43 Å². The van der Waals surface area contributed by atoms with E-state index in [0.29, 0.717) is 30.6 Å². The van der Waals surface area contributed by atoms with Crippen LogP contribution < -0.4 is 25.4 Å². The Bertz CT molecular complexity index is 806. The highest BCUT2D eigenvalue weighted by Crippen LogP contribution is 2.27. The number of carbonyl (C=O) groups excluding carboxylic acids is 1. The molecule has 2 aromatic rings. The maximum Gasteiger partial charge on any atom is 0.332 e. The molecule has 0 saturated heterocycles. The standard InChI is InChI=1S/C22H29N3O4/c1-4-16(2)18-7-9-19(10-8-18)28-12-5-13-29-20-11-6-17(14-21(20)27-3)15-24-25-22(23)26/h6-11,14-16H,4-5,12-13H2,1-3H3,(H3,23,25,26)/b24-15-/t16-/m1/s1. The van der Waals surface area contributed by atoms with Gasteiger partial charge in [-0.25, -0.2) is 10.2 Å². The lowest BCUT2D eigenvalue weighted by molar-refractivity contribution is 0.240. The van der Waals surface area contributed by atoms with Crippen molar-refractivity contribution in [2.45, 2.75) is 32.6 Å². The molecule has 0 bridgehead atoms. The van der Waals surface area contributed by atoms with Crippen LogP contribution in [0.4, 0.5) is 4.79 Å². The van der Waals surface area contributed by atoms with Gasteiger partial charge >= 0.3 is 6.03 Å². The molecule has 2 amide bonds. The number of nitrogens with two attached hydrogens (primary N) is 1. The summed E-state index contributed by atoms with van der Waals surface area (Å²) in [6.07, 6.45) is 3.33. The van der Waals surface area contributed by atoms with Crippen LogP contribution in [0.5, 0.6) is 17.2 Å². The van der Waals surface area contributed by atoms with E-state index in [-0.39, 0.29) is 0 Å². The summed E-state index contributed by atoms with van der Waals surface area (Å²) >= 11 is 0. The van der Waals surface area contributed by atoms with Gasteiger partial charge in [0.05, 0.1) is 26.5 Å². The number of nitrogens with one attached hydrogen (secondary N) is 1. The minimum atomic E-state index is -0.721. The van der Waals surface area contributed by atoms with Gasteiger partial charge in [0.25, 0.3) is 0 Å². The Kier molecular flexibility index (Phi) is 8.82. The van der Waals surface area contributed by atoms with Gasteiger partial charge in [-0.3, -0.25) is 0 Å². The molecule has 7 heteroatoms. The zero-order valence-corrected chi connectivity index (χ0v) is 17.2. The van der Waals surface area contributed by atoms with E-state index in [0.717, 1.165) is 24.2 Å². The number of hydrogen-bond acceptors (Lipinski definition) is 5. The fourth-order valence-corrected chi connectivity index (χ4v) is 2.61. The van der Waals surface area contributed by atoms with Crippen molar-refractivity contribution < 1.29 is 19.0 Å². The van der Waals surface area contributed by atoms with E-state index in [4.69, 9.17) is 19.9 Å². The van der Waals surface area contributed by atoms with E-state index in [1.54, 1.807) is 25.3 Å². The van der Waals surface area contributed by atoms with Crippen LogP contribution in [0.15, 0.2) is 47.6 Å². The number of primary amides is 1. The van der Waals surface area contributed by atoms with Crippen molar-refractivity contribution in [3.63, 3.8) is 0 Å². The summed E-state index contributed by atoms with van der Waals surface area (Å²) in [5, 5.41) is 3.72. The van der Waals surface area contributed by atoms with E-state index in [1.165, 1.54) is 11.8 Å². The Hall–Kier alpha value is -3.22. The van der Waals surface area contributed by atoms with Gasteiger partial charge in [0, 0.05) is 6.42 Å². The monoisotopic (exact) mass is 399 g/mol. The molecule has 2 rings (SSSR count). The maximum absolute atomic E-state index is 10.6. The first kappa shape index (κ1) is 22.1. The summed E-state index contributed by atoms with van der Waals surface area (Å²) < 4.78 is 16.9. The van der Waals surface area contributed by atoms with Gasteiger partial charge in [-0.1, -0.05) is 26.0 Å². The molecule has 29 heavy (non-hydrogen) atoms. The molecule has 0 aliphatic carbocycles. The molecule has 0 fully saturated rings. The maximum atomic E-state index is 10.6. The summed E-state index contributed by atoms with van der Waals surface area (Å²) in [6.45, 7) is 5.47. The molecule has 0 heterocycles. The summed E-state index contributed by atoms with van der Waals surface area (Å²) in [7, 11) is 1.57. The molecule has 0 unspecified atom stereocenters. The number of ether oxygens (including phenoxy) is 3. The molecule has 3 N–H and O–H groups in total. The highest BCUT2D eigenvalue weighted by atomic mass is 16.5. The van der Waals surface area contributed by atoms with E-state index < -0.39 is 6.03 Å². The number of rotatable bonds is 11. The van der Waals surface area contributed by atoms with Gasteiger partial charge in [-0.15, -0.1) is 0 Å². The van der Waals surface area contributed by atoms with Crippen molar-refractivity contribution in [2.75, 3.05) is 20.3 Å². The zero-order chi connectivity index (χ0) is 21.1. The van der Waals surface area contributed by atoms with E-state index >= 15 is 0 Å². The number of nitrogens with zero attached hydrogens (tertiary/aromatic N) is 1. The quantitative estimate of drug-likeness (QED) is 0.338. The topological polar surface area (TPSA) is 95.2 Å². The third kappa shape index (κ3) is 7.37. The predicted molar refractivity (Wildman–Crippen MR) is 114 cm³/mol. The highest BCUT2D eigenvalue weighted by molar-refractivity contribution is 5.82. The second-order valence-electron chi connectivity index (χ2n) is 6.57. The molecular formula is C22H29N3O4. The van der Waals surface area contributed by atoms with Crippen LogP contribution in [-0.4, -0.2) is 32.6 Å². The van der Waals surface area contributed by atoms with E-state index in [2.05, 4.69) is 36.5 Å². The fraction of sp³-hybridized carbons (Fsp3) is 0.364. The average Bonchev–Trinajstić information content (AvgIpc) is 2.73. The second-order valence-corrected chi connectivity index (χ2v) is 6.57. The SMILES string of the molecule is CC[C@@H](C)c1ccc(OCCCOc2ccc(/C=N\NC(N)=O)cc2OC)cc1. The third-order valence-corrected chi connectivity index (χ3v) is 4.45. The smallest absolute Gasteiger partial charge is 0.332 e. The highest BCUT2D eigenvalue weighted by Gasteiger charge is 2.06. The van der Waals surface area contributed by atoms with Crippen molar-refractivity contribution in [1.29, 1.82) is 0 Å². The lowest BCUT2D eigenvalue weighted by Gasteiger charge is -2.12. The molecule has 0 aromatic heterocycles. The molecule has 0 aliphatic rings. The largest absolute Gasteiger partial charge is 0.493 e. The minimum Gasteiger partial charge on any atom is -0.493 e. The molecule has 7 nitrogen and oxygen atoms in total. The van der Waals surface area contributed by atoms with Crippen LogP contribution in [0, 0.1) is 0 Å². The third-order valence-electron chi connectivity index (χ3n) is 4.45. The summed E-state index contributed by atoms with van der Waals surface area (Å²) in [4.78, 5) is 10.6. The van der Waals surface area contributed by atoms with Crippen molar-refractivity contribution >= 4 is 12.2 Å². The number of amides is 2. The number of hydrogen-bond donors (Lipinski definition) is 2. The molecule has 0 radical (unpaired) electrons. The number of benzene rings is 2. The Morgan fingerprint density at radius 1 is 1.14 bits per heavy atom. The molecule has 1 atom stereocenters. The first-order chi connectivity index (χ1) is 14.0. The van der Waals surface area contributed by atoms with Gasteiger partial charge in [0.2, 0.25) is 0 Å². The van der Waals surface area contributed by atoms with Crippen LogP contribution in [0.3, 0.4) is 0 Å². The normalized spacial score (nSPS) is 11.8. The Morgan fingerprint density at radius 2 is 1.86 bits per heavy atom. The van der Waals surface area contributed by atoms with Crippen LogP contribution in [0.2, 0.25) is 0 Å². The van der Waals surface area contributed by atoms with Crippen LogP contribution in [0.25, 0.3) is 0 Å². The minimum absolute atomic E-state index is 0.498. The van der Waals surface area contributed by atoms with Gasteiger partial charge in [-0.05, 0) is 53.8 Å². The van der Waals surface area contributed by atoms with Crippen molar-refractivity contribution in [3.05, 3.63) is 53.6 Å². The Labute approximate surface area is 171 Å². The van der Waals surface area contributed by atoms with E-state index in [9.17, 15) is 4.79 Å². The first-order valence-corrected chi connectivity index (χ1v) is 9.65. The lowest BCUT2D eigenvalue weighted by Crippen LogP contribution is -2.24. The molecular weight excluding hydrogens is 370 g/mol. The average molecular weight is 399 g/mol. The molecule has 2 aromatic carbocycles. The molecule has 0 saturated carbocycles. The fourth-order valence-electron chi connectivity index (χ4n) is 2.61. The van der Waals surface area contributed by atoms with Crippen molar-refractivity contribution in [3.8, 4) is 17.2 Å². The van der Waals surface area contributed by atoms with Crippen LogP contribution in [-0.2, 0) is 0 Å². The summed E-state index contributed by atoms with van der Waals surface area (Å²) in [5.41, 5.74) is 9.17. The van der Waals surface area contributed by atoms with Gasteiger partial charge in [0.15, 0.2) is 11.5 Å². The molecule has 0 aliphatic heterocycles. The number of hydrazone groups is 1. The van der Waals surface area contributed by atoms with Gasteiger partial charge in [0.1, 0.15) is 5.75 Å². The Balaban J connectivity index is 1.78. The summed E-state index contributed by atoms with van der Waals surface area (Å²) in [5.74, 6) is 2.63. The summed E-state index contributed by atoms with van der Waals surface area (Å²) in [6, 6.07) is 12.9. The molecule has 0 spiro atoms.